The third-order valence-corrected chi connectivity index (χ3v) is 8.37. The summed E-state index contributed by atoms with van der Waals surface area (Å²) in [5.41, 5.74) is 0.743. The number of hydrogen-bond donors (Lipinski definition) is 2. The number of sulfonamides is 1. The van der Waals surface area contributed by atoms with Crippen LogP contribution in [0.4, 0.5) is 5.69 Å². The van der Waals surface area contributed by atoms with E-state index in [9.17, 15) is 13.2 Å². The van der Waals surface area contributed by atoms with Crippen molar-refractivity contribution >= 4 is 67.5 Å². The average Bonchev–Trinajstić information content (AvgIpc) is 3.31. The lowest BCUT2D eigenvalue weighted by Gasteiger charge is -2.23. The van der Waals surface area contributed by atoms with Crippen molar-refractivity contribution < 1.29 is 13.2 Å². The zero-order chi connectivity index (χ0) is 21.9. The van der Waals surface area contributed by atoms with Crippen LogP contribution >= 0.6 is 45.9 Å². The zero-order valence-electron chi connectivity index (χ0n) is 16.1. The fourth-order valence-electron chi connectivity index (χ4n) is 2.72. The number of likely N-dealkylation sites (N-methyl/N-ethyl adjacent to an activating group) is 1. The molecule has 160 valence electrons. The summed E-state index contributed by atoms with van der Waals surface area (Å²) in [7, 11) is 0.0521. The zero-order valence-corrected chi connectivity index (χ0v) is 20.0. The number of nitrogens with one attached hydrogen (secondary N) is 2. The molecule has 1 atom stereocenters. The highest BCUT2D eigenvalue weighted by atomic mass is 35.5. The third-order valence-electron chi connectivity index (χ3n) is 4.27. The van der Waals surface area contributed by atoms with E-state index in [4.69, 9.17) is 23.2 Å². The van der Waals surface area contributed by atoms with Crippen LogP contribution < -0.4 is 10.0 Å². The van der Waals surface area contributed by atoms with Crippen molar-refractivity contribution in [3.05, 3.63) is 67.0 Å². The van der Waals surface area contributed by atoms with Gasteiger partial charge in [0.2, 0.25) is 0 Å². The van der Waals surface area contributed by atoms with Gasteiger partial charge in [-0.15, -0.1) is 22.7 Å². The number of carbonyl (C=O) groups excluding carboxylic acids is 1. The lowest BCUT2D eigenvalue weighted by atomic mass is 10.1. The first-order valence-electron chi connectivity index (χ1n) is 8.73. The van der Waals surface area contributed by atoms with Crippen LogP contribution in [0.25, 0.3) is 0 Å². The van der Waals surface area contributed by atoms with E-state index in [1.165, 1.54) is 18.2 Å². The maximum atomic E-state index is 12.5. The summed E-state index contributed by atoms with van der Waals surface area (Å²) >= 11 is 14.4. The van der Waals surface area contributed by atoms with Crippen LogP contribution in [0.2, 0.25) is 8.67 Å². The molecule has 3 rings (SSSR count). The first-order chi connectivity index (χ1) is 14.2. The largest absolute Gasteiger partial charge is 0.350 e. The van der Waals surface area contributed by atoms with E-state index in [1.807, 2.05) is 36.5 Å². The van der Waals surface area contributed by atoms with E-state index in [0.717, 1.165) is 16.2 Å². The minimum Gasteiger partial charge on any atom is -0.350 e. The molecule has 0 aliphatic rings. The molecule has 2 aromatic heterocycles. The van der Waals surface area contributed by atoms with Crippen molar-refractivity contribution in [2.45, 2.75) is 10.9 Å². The van der Waals surface area contributed by atoms with Gasteiger partial charge in [0.1, 0.15) is 9.23 Å². The molecule has 2 N–H and O–H groups in total. The highest BCUT2D eigenvalue weighted by molar-refractivity contribution is 7.93. The summed E-state index contributed by atoms with van der Waals surface area (Å²) in [6.45, 7) is 0.456. The van der Waals surface area contributed by atoms with E-state index in [0.29, 0.717) is 17.8 Å². The molecule has 0 fully saturated rings. The summed E-state index contributed by atoms with van der Waals surface area (Å²) in [6.07, 6.45) is 0. The topological polar surface area (TPSA) is 78.5 Å². The van der Waals surface area contributed by atoms with Gasteiger partial charge in [-0.1, -0.05) is 29.3 Å². The number of nitrogens with zero attached hydrogens (tertiary/aromatic N) is 1. The highest BCUT2D eigenvalue weighted by Gasteiger charge is 2.21. The number of anilines is 1. The molecule has 1 aromatic carbocycles. The Kier molecular flexibility index (Phi) is 7.43. The van der Waals surface area contributed by atoms with Gasteiger partial charge in [-0.2, -0.15) is 0 Å². The summed E-state index contributed by atoms with van der Waals surface area (Å²) in [4.78, 5) is 15.6. The maximum Gasteiger partial charge on any atom is 0.264 e. The Labute approximate surface area is 193 Å². The van der Waals surface area contributed by atoms with E-state index in [1.54, 1.807) is 23.5 Å². The second-order valence-electron chi connectivity index (χ2n) is 6.58. The Morgan fingerprint density at radius 2 is 1.87 bits per heavy atom. The normalized spacial score (nSPS) is 12.7. The predicted octanol–water partition coefficient (Wildman–Crippen LogP) is 4.95. The summed E-state index contributed by atoms with van der Waals surface area (Å²) in [6, 6.07) is 11.6. The summed E-state index contributed by atoms with van der Waals surface area (Å²) in [5.74, 6) is -0.236. The fraction of sp³-hybridized carbons (Fsp3) is 0.211. The molecule has 0 saturated heterocycles. The SMILES string of the molecule is CN(C)[C@@H](CNC(=O)c1ccc(NS(=O)(=O)c2cc(Cl)sc2Cl)cc1)c1cccs1. The third kappa shape index (κ3) is 5.54. The van der Waals surface area contributed by atoms with E-state index < -0.39 is 10.0 Å². The number of thiophene rings is 2. The number of rotatable bonds is 8. The fourth-order valence-corrected chi connectivity index (χ4v) is 6.85. The molecule has 0 radical (unpaired) electrons. The average molecular weight is 504 g/mol. The van der Waals surface area contributed by atoms with Crippen molar-refractivity contribution in [2.24, 2.45) is 0 Å². The quantitative estimate of drug-likeness (QED) is 0.455. The second-order valence-corrected chi connectivity index (χ2v) is 11.5. The first-order valence-corrected chi connectivity index (χ1v) is 12.7. The van der Waals surface area contributed by atoms with Gasteiger partial charge in [0, 0.05) is 22.7 Å². The number of carbonyl (C=O) groups is 1. The van der Waals surface area contributed by atoms with Crippen LogP contribution in [0.3, 0.4) is 0 Å². The molecular weight excluding hydrogens is 485 g/mol. The van der Waals surface area contributed by atoms with Crippen LogP contribution in [0, 0.1) is 0 Å². The molecule has 11 heteroatoms. The molecule has 0 spiro atoms. The van der Waals surface area contributed by atoms with Crippen molar-refractivity contribution in [1.29, 1.82) is 0 Å². The Morgan fingerprint density at radius 1 is 1.17 bits per heavy atom. The predicted molar refractivity (Wildman–Crippen MR) is 125 cm³/mol. The van der Waals surface area contributed by atoms with Gasteiger partial charge >= 0.3 is 0 Å². The van der Waals surface area contributed by atoms with Crippen LogP contribution in [0.15, 0.2) is 52.7 Å². The Morgan fingerprint density at radius 3 is 2.40 bits per heavy atom. The van der Waals surface area contributed by atoms with Gasteiger partial charge in [-0.3, -0.25) is 9.52 Å². The molecule has 30 heavy (non-hydrogen) atoms. The number of benzene rings is 1. The monoisotopic (exact) mass is 503 g/mol. The standard InChI is InChI=1S/C19H19Cl2N3O3S3/c1-24(2)14(15-4-3-9-28-15)11-22-19(25)12-5-7-13(8-6-12)23-30(26,27)16-10-17(20)29-18(16)21/h3-10,14,23H,11H2,1-2H3,(H,22,25)/t14-/m0/s1. The molecule has 0 aliphatic heterocycles. The van der Waals surface area contributed by atoms with E-state index in [2.05, 4.69) is 10.0 Å². The molecule has 0 aliphatic carbocycles. The molecule has 0 saturated carbocycles. The molecule has 3 aromatic rings. The summed E-state index contributed by atoms with van der Waals surface area (Å²) in [5, 5.41) is 4.93. The van der Waals surface area contributed by atoms with Crippen LogP contribution in [-0.2, 0) is 10.0 Å². The van der Waals surface area contributed by atoms with Gasteiger partial charge < -0.3 is 10.2 Å². The maximum absolute atomic E-state index is 12.5. The van der Waals surface area contributed by atoms with Crippen LogP contribution in [0.1, 0.15) is 21.3 Å². The Balaban J connectivity index is 1.65. The molecule has 2 heterocycles. The molecule has 1 amide bonds. The van der Waals surface area contributed by atoms with Gasteiger partial charge in [-0.05, 0) is 55.9 Å². The van der Waals surface area contributed by atoms with Gasteiger partial charge in [0.15, 0.2) is 0 Å². The molecule has 6 nitrogen and oxygen atoms in total. The van der Waals surface area contributed by atoms with Crippen LogP contribution in [0.5, 0.6) is 0 Å². The van der Waals surface area contributed by atoms with Crippen molar-refractivity contribution in [1.82, 2.24) is 10.2 Å². The van der Waals surface area contributed by atoms with E-state index in [-0.39, 0.29) is 25.5 Å². The lowest BCUT2D eigenvalue weighted by molar-refractivity contribution is 0.0942. The Bertz CT molecular complexity index is 1110. The lowest BCUT2D eigenvalue weighted by Crippen LogP contribution is -2.34. The number of hydrogen-bond acceptors (Lipinski definition) is 6. The van der Waals surface area contributed by atoms with Crippen molar-refractivity contribution in [2.75, 3.05) is 25.4 Å². The van der Waals surface area contributed by atoms with Crippen molar-refractivity contribution in [3.63, 3.8) is 0 Å². The first kappa shape index (κ1) is 23.1. The van der Waals surface area contributed by atoms with Gasteiger partial charge in [0.05, 0.1) is 10.4 Å². The van der Waals surface area contributed by atoms with E-state index >= 15 is 0 Å². The molecule has 0 unspecified atom stereocenters. The smallest absolute Gasteiger partial charge is 0.264 e. The minimum atomic E-state index is -3.87. The number of amides is 1. The van der Waals surface area contributed by atoms with Crippen molar-refractivity contribution in [3.8, 4) is 0 Å². The van der Waals surface area contributed by atoms with Crippen LogP contribution in [-0.4, -0.2) is 39.9 Å². The summed E-state index contributed by atoms with van der Waals surface area (Å²) < 4.78 is 27.8. The highest BCUT2D eigenvalue weighted by Crippen LogP contribution is 2.35. The molecular formula is C19H19Cl2N3O3S3. The van der Waals surface area contributed by atoms with Gasteiger partial charge in [-0.25, -0.2) is 8.42 Å². The second kappa shape index (κ2) is 9.67. The number of halogens is 2. The Hall–Kier alpha value is -1.62. The minimum absolute atomic E-state index is 0.0715. The molecule has 0 bridgehead atoms. The van der Waals surface area contributed by atoms with Gasteiger partial charge in [0.25, 0.3) is 15.9 Å².